The smallest absolute Gasteiger partial charge is 0.0144 e. The molecule has 0 heterocycles. The summed E-state index contributed by atoms with van der Waals surface area (Å²) in [6.07, 6.45) is 13.2. The van der Waals surface area contributed by atoms with Crippen LogP contribution in [0.25, 0.3) is 0 Å². The van der Waals surface area contributed by atoms with Gasteiger partial charge < -0.3 is 5.32 Å². The lowest BCUT2D eigenvalue weighted by Crippen LogP contribution is -1.99. The average Bonchev–Trinajstić information content (AvgIpc) is 2.31. The normalized spacial score (nSPS) is 14.5. The van der Waals surface area contributed by atoms with Crippen LogP contribution in [0.5, 0.6) is 0 Å². The van der Waals surface area contributed by atoms with Gasteiger partial charge >= 0.3 is 0 Å². The number of halogens is 1. The topological polar surface area (TPSA) is 12.0 Å². The third-order valence-electron chi connectivity index (χ3n) is 2.28. The Hall–Kier alpha value is -0.950. The molecule has 0 aliphatic heterocycles. The van der Waals surface area contributed by atoms with E-state index in [-0.39, 0.29) is 0 Å². The van der Waals surface area contributed by atoms with Crippen LogP contribution in [0, 0.1) is 0 Å². The summed E-state index contributed by atoms with van der Waals surface area (Å²) in [6, 6.07) is 0. The van der Waals surface area contributed by atoms with Crippen LogP contribution >= 0.6 is 11.6 Å². The number of allylic oxidation sites excluding steroid dienone is 7. The first-order valence-corrected chi connectivity index (χ1v) is 6.54. The van der Waals surface area contributed by atoms with Gasteiger partial charge in [-0.1, -0.05) is 42.3 Å². The Morgan fingerprint density at radius 2 is 1.88 bits per heavy atom. The summed E-state index contributed by atoms with van der Waals surface area (Å²) < 4.78 is 0. The van der Waals surface area contributed by atoms with Crippen molar-refractivity contribution in [3.05, 3.63) is 46.8 Å². The minimum absolute atomic E-state index is 0.937. The van der Waals surface area contributed by atoms with Crippen molar-refractivity contribution in [1.29, 1.82) is 0 Å². The Balaban J connectivity index is 4.13. The number of nitrogens with one attached hydrogen (secondary N) is 1. The van der Waals surface area contributed by atoms with Crippen LogP contribution < -0.4 is 5.32 Å². The summed E-state index contributed by atoms with van der Waals surface area (Å²) in [7, 11) is 0. The molecule has 0 saturated carbocycles. The summed E-state index contributed by atoms with van der Waals surface area (Å²) >= 11 is 6.05. The number of hydrogen-bond donors (Lipinski definition) is 1. The maximum atomic E-state index is 6.05. The zero-order valence-corrected chi connectivity index (χ0v) is 12.1. The van der Waals surface area contributed by atoms with Gasteiger partial charge in [-0.25, -0.2) is 0 Å². The summed E-state index contributed by atoms with van der Waals surface area (Å²) in [5, 5.41) is 4.14. The lowest BCUT2D eigenvalue weighted by atomic mass is 10.1. The Morgan fingerprint density at radius 3 is 2.47 bits per heavy atom. The van der Waals surface area contributed by atoms with E-state index in [4.69, 9.17) is 11.6 Å². The van der Waals surface area contributed by atoms with E-state index >= 15 is 0 Å². The Kier molecular flexibility index (Phi) is 9.65. The van der Waals surface area contributed by atoms with Crippen LogP contribution in [0.1, 0.15) is 47.0 Å². The highest BCUT2D eigenvalue weighted by Gasteiger charge is 1.93. The van der Waals surface area contributed by atoms with Gasteiger partial charge in [0.05, 0.1) is 0 Å². The minimum Gasteiger partial charge on any atom is -0.366 e. The van der Waals surface area contributed by atoms with Crippen molar-refractivity contribution >= 4 is 11.6 Å². The van der Waals surface area contributed by atoms with Gasteiger partial charge in [-0.3, -0.25) is 0 Å². The summed E-state index contributed by atoms with van der Waals surface area (Å²) in [4.78, 5) is 0. The molecule has 0 aromatic carbocycles. The molecule has 0 rings (SSSR count). The van der Waals surface area contributed by atoms with E-state index in [9.17, 15) is 0 Å². The van der Waals surface area contributed by atoms with Crippen molar-refractivity contribution in [3.8, 4) is 0 Å². The molecule has 1 nitrogen and oxygen atoms in total. The largest absolute Gasteiger partial charge is 0.366 e. The van der Waals surface area contributed by atoms with Crippen LogP contribution in [0.4, 0.5) is 0 Å². The third kappa shape index (κ3) is 9.95. The molecule has 0 radical (unpaired) electrons. The summed E-state index contributed by atoms with van der Waals surface area (Å²) in [5.74, 6) is 0. The molecule has 0 atom stereocenters. The van der Waals surface area contributed by atoms with Crippen LogP contribution in [-0.4, -0.2) is 0 Å². The number of rotatable bonds is 7. The molecule has 0 spiro atoms. The molecule has 17 heavy (non-hydrogen) atoms. The van der Waals surface area contributed by atoms with Crippen molar-refractivity contribution in [3.63, 3.8) is 0 Å². The molecular weight excluding hydrogens is 230 g/mol. The fourth-order valence-corrected chi connectivity index (χ4v) is 1.50. The van der Waals surface area contributed by atoms with Gasteiger partial charge in [0.25, 0.3) is 0 Å². The fourth-order valence-electron chi connectivity index (χ4n) is 1.25. The van der Waals surface area contributed by atoms with E-state index in [0.29, 0.717) is 0 Å². The van der Waals surface area contributed by atoms with Crippen molar-refractivity contribution in [2.45, 2.75) is 47.0 Å². The molecule has 0 bridgehead atoms. The van der Waals surface area contributed by atoms with Crippen molar-refractivity contribution in [1.82, 2.24) is 5.32 Å². The van der Waals surface area contributed by atoms with E-state index < -0.39 is 0 Å². The maximum Gasteiger partial charge on any atom is 0.0144 e. The third-order valence-corrected chi connectivity index (χ3v) is 2.62. The zero-order valence-electron chi connectivity index (χ0n) is 11.4. The second kappa shape index (κ2) is 10.2. The molecule has 0 aromatic heterocycles. The average molecular weight is 254 g/mol. The van der Waals surface area contributed by atoms with E-state index in [0.717, 1.165) is 30.0 Å². The predicted molar refractivity (Wildman–Crippen MR) is 78.9 cm³/mol. The highest BCUT2D eigenvalue weighted by Crippen LogP contribution is 2.15. The summed E-state index contributed by atoms with van der Waals surface area (Å²) in [6.45, 7) is 8.27. The first-order valence-electron chi connectivity index (χ1n) is 6.16. The van der Waals surface area contributed by atoms with Gasteiger partial charge in [0.2, 0.25) is 0 Å². The van der Waals surface area contributed by atoms with Gasteiger partial charge in [0.1, 0.15) is 0 Å². The first kappa shape index (κ1) is 16.1. The van der Waals surface area contributed by atoms with Gasteiger partial charge in [-0.15, -0.1) is 0 Å². The molecule has 0 aromatic rings. The van der Waals surface area contributed by atoms with E-state index in [2.05, 4.69) is 37.4 Å². The maximum absolute atomic E-state index is 6.05. The van der Waals surface area contributed by atoms with Gasteiger partial charge in [0.15, 0.2) is 0 Å². The highest BCUT2D eigenvalue weighted by molar-refractivity contribution is 6.29. The molecule has 0 saturated heterocycles. The van der Waals surface area contributed by atoms with Crippen molar-refractivity contribution in [2.24, 2.45) is 0 Å². The molecule has 0 aliphatic rings. The highest BCUT2D eigenvalue weighted by atomic mass is 35.5. The molecule has 0 amide bonds. The van der Waals surface area contributed by atoms with Gasteiger partial charge in [-0.05, 0) is 52.3 Å². The minimum atomic E-state index is 0.937. The molecule has 96 valence electrons. The standard InChI is InChI=1S/C15H24ClN/c1-5-7-15(16)11-9-13(3)8-10-14(4)17-12-6-2/h6-8,10,12,17H,5,9,11H2,1-4H3/b12-6-,13-8+,14-10+,15-7+. The molecule has 0 aliphatic carbocycles. The van der Waals surface area contributed by atoms with Crippen molar-refractivity contribution < 1.29 is 0 Å². The lowest BCUT2D eigenvalue weighted by Gasteiger charge is -2.01. The number of hydrogen-bond acceptors (Lipinski definition) is 1. The van der Waals surface area contributed by atoms with Crippen LogP contribution in [0.3, 0.4) is 0 Å². The van der Waals surface area contributed by atoms with E-state index in [1.807, 2.05) is 26.1 Å². The quantitative estimate of drug-likeness (QED) is 0.610. The lowest BCUT2D eigenvalue weighted by molar-refractivity contribution is 0.954. The molecule has 0 fully saturated rings. The second-order valence-corrected chi connectivity index (χ2v) is 4.55. The fraction of sp³-hybridized carbons (Fsp3) is 0.467. The van der Waals surface area contributed by atoms with Crippen molar-refractivity contribution in [2.75, 3.05) is 0 Å². The SMILES string of the molecule is C/C=C\N/C(C)=C/C=C(\C)CC/C(Cl)=C\CC. The monoisotopic (exact) mass is 253 g/mol. The molecule has 2 heteroatoms. The van der Waals surface area contributed by atoms with Crippen LogP contribution in [0.15, 0.2) is 46.8 Å². The summed E-state index contributed by atoms with van der Waals surface area (Å²) in [5.41, 5.74) is 2.48. The second-order valence-electron chi connectivity index (χ2n) is 4.07. The van der Waals surface area contributed by atoms with Crippen LogP contribution in [0.2, 0.25) is 0 Å². The zero-order chi connectivity index (χ0) is 13.1. The van der Waals surface area contributed by atoms with Crippen LogP contribution in [-0.2, 0) is 0 Å². The Bertz CT molecular complexity index is 322. The van der Waals surface area contributed by atoms with E-state index in [1.54, 1.807) is 0 Å². The molecule has 1 N–H and O–H groups in total. The van der Waals surface area contributed by atoms with Gasteiger partial charge in [0, 0.05) is 10.7 Å². The molecular formula is C15H24ClN. The first-order chi connectivity index (χ1) is 8.10. The molecule has 0 unspecified atom stereocenters. The predicted octanol–water partition coefficient (Wildman–Crippen LogP) is 5.27. The Morgan fingerprint density at radius 1 is 1.18 bits per heavy atom. The Labute approximate surface area is 111 Å². The van der Waals surface area contributed by atoms with Gasteiger partial charge in [-0.2, -0.15) is 0 Å². The van der Waals surface area contributed by atoms with E-state index in [1.165, 1.54) is 5.57 Å².